The largest absolute Gasteiger partial charge is 0.495 e. The fourth-order valence-electron chi connectivity index (χ4n) is 3.22. The predicted molar refractivity (Wildman–Crippen MR) is 122 cm³/mol. The number of hydrogen-bond acceptors (Lipinski definition) is 8. The molecule has 31 heavy (non-hydrogen) atoms. The number of nitrogens with zero attached hydrogens (tertiary/aromatic N) is 2. The molecule has 1 aromatic heterocycles. The molecule has 11 heteroatoms. The van der Waals surface area contributed by atoms with E-state index in [1.165, 1.54) is 23.5 Å². The third-order valence-corrected chi connectivity index (χ3v) is 8.74. The van der Waals surface area contributed by atoms with E-state index in [9.17, 15) is 13.2 Å². The number of amides is 1. The van der Waals surface area contributed by atoms with Gasteiger partial charge in [-0.2, -0.15) is 4.31 Å². The first-order valence-electron chi connectivity index (χ1n) is 9.44. The molecule has 4 rings (SSSR count). The number of carbonyl (C=O) groups is 1. The van der Waals surface area contributed by atoms with Crippen molar-refractivity contribution in [2.45, 2.75) is 9.24 Å². The third-order valence-electron chi connectivity index (χ3n) is 4.81. The molecule has 0 spiro atoms. The molecule has 1 saturated heterocycles. The van der Waals surface area contributed by atoms with Gasteiger partial charge >= 0.3 is 0 Å². The standard InChI is InChI=1S/C20H21N3O5S3/c1-27-16-6-3-13(11-18(16)31(25,26)23-7-9-28-10-8-23)19(24)21-14-4-5-15-17(12-14)30-20(22-15)29-2/h3-6,11-12H,7-10H2,1-2H3,(H,21,24). The summed E-state index contributed by atoms with van der Waals surface area (Å²) < 4.78 is 40.0. The van der Waals surface area contributed by atoms with Crippen LogP contribution in [-0.4, -0.2) is 63.3 Å². The van der Waals surface area contributed by atoms with Crippen LogP contribution < -0.4 is 10.1 Å². The number of fused-ring (bicyclic) bond motifs is 1. The van der Waals surface area contributed by atoms with Crippen LogP contribution in [0.3, 0.4) is 0 Å². The van der Waals surface area contributed by atoms with Crippen LogP contribution >= 0.6 is 23.1 Å². The van der Waals surface area contributed by atoms with Gasteiger partial charge in [0.1, 0.15) is 10.6 Å². The van der Waals surface area contributed by atoms with Crippen LogP contribution in [0.2, 0.25) is 0 Å². The Labute approximate surface area is 188 Å². The second-order valence-electron chi connectivity index (χ2n) is 6.70. The van der Waals surface area contributed by atoms with E-state index in [2.05, 4.69) is 10.3 Å². The van der Waals surface area contributed by atoms with Crippen molar-refractivity contribution in [3.05, 3.63) is 42.0 Å². The molecule has 2 aromatic carbocycles. The van der Waals surface area contributed by atoms with E-state index in [4.69, 9.17) is 9.47 Å². The molecule has 0 radical (unpaired) electrons. The summed E-state index contributed by atoms with van der Waals surface area (Å²) in [4.78, 5) is 17.3. The molecule has 1 fully saturated rings. The fourth-order valence-corrected chi connectivity index (χ4v) is 6.34. The first-order valence-corrected chi connectivity index (χ1v) is 12.9. The van der Waals surface area contributed by atoms with Gasteiger partial charge in [-0.15, -0.1) is 11.3 Å². The Morgan fingerprint density at radius 2 is 2.00 bits per heavy atom. The molecule has 1 N–H and O–H groups in total. The summed E-state index contributed by atoms with van der Waals surface area (Å²) in [7, 11) is -2.42. The highest BCUT2D eigenvalue weighted by atomic mass is 32.2. The zero-order chi connectivity index (χ0) is 22.0. The van der Waals surface area contributed by atoms with Gasteiger partial charge in [-0.05, 0) is 42.7 Å². The number of ether oxygens (including phenoxy) is 2. The maximum Gasteiger partial charge on any atom is 0.255 e. The number of nitrogens with one attached hydrogen (secondary N) is 1. The Bertz CT molecular complexity index is 1220. The summed E-state index contributed by atoms with van der Waals surface area (Å²) >= 11 is 3.12. The van der Waals surface area contributed by atoms with Crippen molar-refractivity contribution in [1.82, 2.24) is 9.29 Å². The quantitative estimate of drug-likeness (QED) is 0.542. The molecule has 1 aliphatic rings. The summed E-state index contributed by atoms with van der Waals surface area (Å²) in [5, 5.41) is 2.84. The van der Waals surface area contributed by atoms with Crippen molar-refractivity contribution in [2.24, 2.45) is 0 Å². The minimum absolute atomic E-state index is 0.0351. The van der Waals surface area contributed by atoms with Gasteiger partial charge in [0.2, 0.25) is 10.0 Å². The maximum absolute atomic E-state index is 13.1. The lowest BCUT2D eigenvalue weighted by atomic mass is 10.2. The first kappa shape index (κ1) is 22.0. The van der Waals surface area contributed by atoms with Crippen molar-refractivity contribution in [2.75, 3.05) is 45.0 Å². The Balaban J connectivity index is 1.62. The topological polar surface area (TPSA) is 97.8 Å². The molecule has 1 amide bonds. The second-order valence-corrected chi connectivity index (χ2v) is 10.7. The van der Waals surface area contributed by atoms with Crippen molar-refractivity contribution in [3.63, 3.8) is 0 Å². The zero-order valence-corrected chi connectivity index (χ0v) is 19.4. The minimum Gasteiger partial charge on any atom is -0.495 e. The van der Waals surface area contributed by atoms with Crippen LogP contribution in [0.15, 0.2) is 45.6 Å². The molecular weight excluding hydrogens is 458 g/mol. The van der Waals surface area contributed by atoms with Gasteiger partial charge in [0, 0.05) is 24.3 Å². The summed E-state index contributed by atoms with van der Waals surface area (Å²) in [5.74, 6) is -0.214. The number of methoxy groups -OCH3 is 1. The van der Waals surface area contributed by atoms with E-state index in [1.54, 1.807) is 35.2 Å². The van der Waals surface area contributed by atoms with Crippen molar-refractivity contribution < 1.29 is 22.7 Å². The van der Waals surface area contributed by atoms with Gasteiger partial charge < -0.3 is 14.8 Å². The number of morpholine rings is 1. The number of carbonyl (C=O) groups excluding carboxylic acids is 1. The van der Waals surface area contributed by atoms with Crippen LogP contribution in [-0.2, 0) is 14.8 Å². The molecule has 1 aliphatic heterocycles. The summed E-state index contributed by atoms with van der Waals surface area (Å²) in [6, 6.07) is 9.89. The first-order chi connectivity index (χ1) is 14.9. The van der Waals surface area contributed by atoms with Gasteiger partial charge in [-0.3, -0.25) is 4.79 Å². The number of anilines is 1. The number of aromatic nitrogens is 1. The molecule has 0 bridgehead atoms. The molecule has 8 nitrogen and oxygen atoms in total. The van der Waals surface area contributed by atoms with Crippen LogP contribution in [0.4, 0.5) is 5.69 Å². The number of sulfonamides is 1. The van der Waals surface area contributed by atoms with Gasteiger partial charge in [-0.25, -0.2) is 13.4 Å². The zero-order valence-electron chi connectivity index (χ0n) is 17.0. The second kappa shape index (κ2) is 9.13. The Hall–Kier alpha value is -2.18. The van der Waals surface area contributed by atoms with E-state index in [-0.39, 0.29) is 29.3 Å². The molecule has 2 heterocycles. The van der Waals surface area contributed by atoms with Crippen LogP contribution in [0.5, 0.6) is 5.75 Å². The highest BCUT2D eigenvalue weighted by molar-refractivity contribution is 8.00. The van der Waals surface area contributed by atoms with Crippen molar-refractivity contribution >= 4 is 54.9 Å². The lowest BCUT2D eigenvalue weighted by Gasteiger charge is -2.26. The predicted octanol–water partition coefficient (Wildman–Crippen LogP) is 3.30. The summed E-state index contributed by atoms with van der Waals surface area (Å²) in [6.07, 6.45) is 1.96. The highest BCUT2D eigenvalue weighted by Gasteiger charge is 2.30. The Kier molecular flexibility index (Phi) is 6.49. The van der Waals surface area contributed by atoms with E-state index in [0.717, 1.165) is 14.6 Å². The SMILES string of the molecule is COc1ccc(C(=O)Nc2ccc3nc(SC)sc3c2)cc1S(=O)(=O)N1CCOCC1. The number of thiazole rings is 1. The lowest BCUT2D eigenvalue weighted by Crippen LogP contribution is -2.40. The Morgan fingerprint density at radius 1 is 1.23 bits per heavy atom. The van der Waals surface area contributed by atoms with E-state index in [0.29, 0.717) is 18.9 Å². The van der Waals surface area contributed by atoms with Crippen LogP contribution in [0.25, 0.3) is 10.2 Å². The minimum atomic E-state index is -3.82. The van der Waals surface area contributed by atoms with Gasteiger partial charge in [0.15, 0.2) is 4.34 Å². The third kappa shape index (κ3) is 4.55. The van der Waals surface area contributed by atoms with Gasteiger partial charge in [0.25, 0.3) is 5.91 Å². The molecule has 0 unspecified atom stereocenters. The molecule has 3 aromatic rings. The molecule has 0 atom stereocenters. The van der Waals surface area contributed by atoms with Crippen molar-refractivity contribution in [1.29, 1.82) is 0 Å². The van der Waals surface area contributed by atoms with E-state index < -0.39 is 15.9 Å². The van der Waals surface area contributed by atoms with Crippen LogP contribution in [0.1, 0.15) is 10.4 Å². The summed E-state index contributed by atoms with van der Waals surface area (Å²) in [6.45, 7) is 1.18. The van der Waals surface area contributed by atoms with Gasteiger partial charge in [-0.1, -0.05) is 11.8 Å². The maximum atomic E-state index is 13.1. The highest BCUT2D eigenvalue weighted by Crippen LogP contribution is 2.31. The van der Waals surface area contributed by atoms with E-state index >= 15 is 0 Å². The normalized spacial score (nSPS) is 15.2. The molecule has 0 saturated carbocycles. The molecular formula is C20H21N3O5S3. The van der Waals surface area contributed by atoms with Crippen LogP contribution in [0, 0.1) is 0 Å². The number of hydrogen-bond donors (Lipinski definition) is 1. The lowest BCUT2D eigenvalue weighted by molar-refractivity contribution is 0.0729. The average Bonchev–Trinajstić information content (AvgIpc) is 3.21. The van der Waals surface area contributed by atoms with Crippen molar-refractivity contribution in [3.8, 4) is 5.75 Å². The fraction of sp³-hybridized carbons (Fsp3) is 0.300. The smallest absolute Gasteiger partial charge is 0.255 e. The number of thioether (sulfide) groups is 1. The molecule has 0 aliphatic carbocycles. The Morgan fingerprint density at radius 3 is 2.71 bits per heavy atom. The monoisotopic (exact) mass is 479 g/mol. The van der Waals surface area contributed by atoms with E-state index in [1.807, 2.05) is 18.4 Å². The molecule has 164 valence electrons. The number of rotatable bonds is 6. The summed E-state index contributed by atoms with van der Waals surface area (Å²) in [5.41, 5.74) is 1.71. The average molecular weight is 480 g/mol. The van der Waals surface area contributed by atoms with Gasteiger partial charge in [0.05, 0.1) is 30.5 Å². The number of benzene rings is 2.